The van der Waals surface area contributed by atoms with Crippen LogP contribution in [-0.2, 0) is 0 Å². The largest absolute Gasteiger partial charge is 0.495 e. The fourth-order valence-corrected chi connectivity index (χ4v) is 2.23. The van der Waals surface area contributed by atoms with Crippen molar-refractivity contribution in [3.05, 3.63) is 46.7 Å². The monoisotopic (exact) mass is 347 g/mol. The van der Waals surface area contributed by atoms with E-state index in [2.05, 4.69) is 15.6 Å². The lowest BCUT2D eigenvalue weighted by Gasteiger charge is -2.13. The minimum atomic E-state index is -0.171. The predicted octanol–water partition coefficient (Wildman–Crippen LogP) is 4.18. The number of ether oxygens (including phenoxy) is 1. The zero-order chi connectivity index (χ0) is 17.7. The van der Waals surface area contributed by atoms with Gasteiger partial charge in [0, 0.05) is 17.6 Å². The van der Waals surface area contributed by atoms with Gasteiger partial charge in [-0.25, -0.2) is 4.98 Å². The number of carbonyl (C=O) groups excluding carboxylic acids is 1. The molecule has 1 amide bonds. The molecule has 2 aromatic rings. The van der Waals surface area contributed by atoms with Crippen molar-refractivity contribution >= 4 is 28.9 Å². The van der Waals surface area contributed by atoms with Crippen LogP contribution in [0.2, 0.25) is 5.02 Å². The second kappa shape index (κ2) is 8.02. The van der Waals surface area contributed by atoms with Crippen molar-refractivity contribution < 1.29 is 9.53 Å². The van der Waals surface area contributed by atoms with Gasteiger partial charge in [0.15, 0.2) is 0 Å². The lowest BCUT2D eigenvalue weighted by Crippen LogP contribution is -2.27. The van der Waals surface area contributed by atoms with Gasteiger partial charge in [-0.05, 0) is 36.6 Å². The van der Waals surface area contributed by atoms with Gasteiger partial charge in [-0.1, -0.05) is 25.4 Å². The summed E-state index contributed by atoms with van der Waals surface area (Å²) in [6, 6.07) is 7.17. The second-order valence-electron chi connectivity index (χ2n) is 5.96. The number of amides is 1. The van der Waals surface area contributed by atoms with Crippen molar-refractivity contribution in [2.75, 3.05) is 19.0 Å². The Hall–Kier alpha value is -2.27. The predicted molar refractivity (Wildman–Crippen MR) is 97.4 cm³/mol. The summed E-state index contributed by atoms with van der Waals surface area (Å²) < 4.78 is 5.34. The number of rotatable bonds is 6. The normalized spacial score (nSPS) is 10.6. The molecule has 6 heteroatoms. The Balaban J connectivity index is 2.12. The average molecular weight is 348 g/mol. The maximum Gasteiger partial charge on any atom is 0.269 e. The molecule has 1 heterocycles. The third-order valence-corrected chi connectivity index (χ3v) is 3.83. The zero-order valence-corrected chi connectivity index (χ0v) is 15.1. The van der Waals surface area contributed by atoms with Gasteiger partial charge in [-0.15, -0.1) is 0 Å². The van der Waals surface area contributed by atoms with Crippen LogP contribution in [-0.4, -0.2) is 24.5 Å². The molecular formula is C18H22ClN3O2. The topological polar surface area (TPSA) is 63.2 Å². The summed E-state index contributed by atoms with van der Waals surface area (Å²) in [6.45, 7) is 6.64. The van der Waals surface area contributed by atoms with E-state index >= 15 is 0 Å². The van der Waals surface area contributed by atoms with Gasteiger partial charge in [0.2, 0.25) is 0 Å². The highest BCUT2D eigenvalue weighted by Crippen LogP contribution is 2.32. The van der Waals surface area contributed by atoms with E-state index in [1.54, 1.807) is 31.5 Å². The molecule has 0 fully saturated rings. The van der Waals surface area contributed by atoms with E-state index in [4.69, 9.17) is 16.3 Å². The smallest absolute Gasteiger partial charge is 0.269 e. The molecule has 0 aliphatic carbocycles. The molecule has 24 heavy (non-hydrogen) atoms. The molecule has 0 atom stereocenters. The van der Waals surface area contributed by atoms with Crippen LogP contribution in [0.4, 0.5) is 11.4 Å². The van der Waals surface area contributed by atoms with Crippen LogP contribution in [0.3, 0.4) is 0 Å². The Morgan fingerprint density at radius 3 is 2.67 bits per heavy atom. The van der Waals surface area contributed by atoms with Gasteiger partial charge < -0.3 is 15.4 Å². The van der Waals surface area contributed by atoms with E-state index in [0.29, 0.717) is 28.9 Å². The summed E-state index contributed by atoms with van der Waals surface area (Å²) >= 11 is 6.11. The maximum absolute atomic E-state index is 12.0. The fourth-order valence-electron chi connectivity index (χ4n) is 2.07. The van der Waals surface area contributed by atoms with E-state index in [1.807, 2.05) is 26.8 Å². The number of halogens is 1. The van der Waals surface area contributed by atoms with Crippen LogP contribution in [0.15, 0.2) is 30.5 Å². The van der Waals surface area contributed by atoms with Crippen LogP contribution in [0, 0.1) is 12.8 Å². The number of methoxy groups -OCH3 is 1. The Labute approximate surface area is 147 Å². The van der Waals surface area contributed by atoms with E-state index in [9.17, 15) is 4.79 Å². The van der Waals surface area contributed by atoms with Crippen LogP contribution >= 0.6 is 11.6 Å². The highest BCUT2D eigenvalue weighted by molar-refractivity contribution is 6.31. The number of nitrogens with one attached hydrogen (secondary N) is 2. The lowest BCUT2D eigenvalue weighted by atomic mass is 10.2. The molecule has 1 aromatic carbocycles. The summed E-state index contributed by atoms with van der Waals surface area (Å²) in [5, 5.41) is 6.72. The van der Waals surface area contributed by atoms with Crippen LogP contribution in [0.5, 0.6) is 5.75 Å². The fraction of sp³-hybridized carbons (Fsp3) is 0.333. The van der Waals surface area contributed by atoms with Gasteiger partial charge in [0.05, 0.1) is 24.7 Å². The van der Waals surface area contributed by atoms with Crippen LogP contribution in [0.25, 0.3) is 0 Å². The third kappa shape index (κ3) is 4.61. The van der Waals surface area contributed by atoms with Crippen LogP contribution in [0.1, 0.15) is 29.9 Å². The quantitative estimate of drug-likeness (QED) is 0.822. The molecule has 0 bridgehead atoms. The second-order valence-corrected chi connectivity index (χ2v) is 6.37. The summed E-state index contributed by atoms with van der Waals surface area (Å²) in [7, 11) is 1.59. The summed E-state index contributed by atoms with van der Waals surface area (Å²) in [5.74, 6) is 0.870. The zero-order valence-electron chi connectivity index (χ0n) is 14.3. The van der Waals surface area contributed by atoms with E-state index < -0.39 is 0 Å². The summed E-state index contributed by atoms with van der Waals surface area (Å²) in [5.41, 5.74) is 2.88. The number of pyridine rings is 1. The Bertz CT molecular complexity index is 715. The Kier molecular flexibility index (Phi) is 6.04. The number of aryl methyl sites for hydroxylation is 1. The molecule has 2 rings (SSSR count). The standard InChI is InChI=1S/C18H22ClN3O2/c1-11(2)9-21-18(23)15-6-5-13(10-20-15)22-16-7-12(3)14(19)8-17(16)24-4/h5-8,10-11,22H,9H2,1-4H3,(H,21,23). The Morgan fingerprint density at radius 1 is 1.33 bits per heavy atom. The summed E-state index contributed by atoms with van der Waals surface area (Å²) in [6.07, 6.45) is 1.62. The number of nitrogens with zero attached hydrogens (tertiary/aromatic N) is 1. The number of carbonyl (C=O) groups is 1. The molecule has 0 aliphatic rings. The van der Waals surface area contributed by atoms with E-state index in [-0.39, 0.29) is 5.91 Å². The van der Waals surface area contributed by atoms with Crippen molar-refractivity contribution in [3.63, 3.8) is 0 Å². The lowest BCUT2D eigenvalue weighted by molar-refractivity contribution is 0.0944. The number of aromatic nitrogens is 1. The first-order valence-corrected chi connectivity index (χ1v) is 8.14. The molecule has 0 spiro atoms. The number of anilines is 2. The number of hydrogen-bond acceptors (Lipinski definition) is 4. The van der Waals surface area contributed by atoms with Crippen molar-refractivity contribution in [2.45, 2.75) is 20.8 Å². The minimum Gasteiger partial charge on any atom is -0.495 e. The van der Waals surface area contributed by atoms with Gasteiger partial charge >= 0.3 is 0 Å². The van der Waals surface area contributed by atoms with Crippen molar-refractivity contribution in [3.8, 4) is 5.75 Å². The SMILES string of the molecule is COc1cc(Cl)c(C)cc1Nc1ccc(C(=O)NCC(C)C)nc1. The van der Waals surface area contributed by atoms with Gasteiger partial charge in [0.1, 0.15) is 11.4 Å². The first kappa shape index (κ1) is 18.1. The first-order chi connectivity index (χ1) is 11.4. The van der Waals surface area contributed by atoms with Gasteiger partial charge in [-0.2, -0.15) is 0 Å². The van der Waals surface area contributed by atoms with Crippen molar-refractivity contribution in [1.82, 2.24) is 10.3 Å². The third-order valence-electron chi connectivity index (χ3n) is 3.43. The van der Waals surface area contributed by atoms with Gasteiger partial charge in [-0.3, -0.25) is 4.79 Å². The van der Waals surface area contributed by atoms with Crippen molar-refractivity contribution in [2.24, 2.45) is 5.92 Å². The highest BCUT2D eigenvalue weighted by atomic mass is 35.5. The van der Waals surface area contributed by atoms with Gasteiger partial charge in [0.25, 0.3) is 5.91 Å². The molecular weight excluding hydrogens is 326 g/mol. The number of hydrogen-bond donors (Lipinski definition) is 2. The minimum absolute atomic E-state index is 0.171. The molecule has 2 N–H and O–H groups in total. The molecule has 0 saturated carbocycles. The maximum atomic E-state index is 12.0. The molecule has 0 aliphatic heterocycles. The average Bonchev–Trinajstić information content (AvgIpc) is 2.56. The first-order valence-electron chi connectivity index (χ1n) is 7.76. The molecule has 1 aromatic heterocycles. The summed E-state index contributed by atoms with van der Waals surface area (Å²) in [4.78, 5) is 16.2. The van der Waals surface area contributed by atoms with E-state index in [0.717, 1.165) is 16.9 Å². The molecule has 0 unspecified atom stereocenters. The molecule has 0 saturated heterocycles. The highest BCUT2D eigenvalue weighted by Gasteiger charge is 2.10. The molecule has 5 nitrogen and oxygen atoms in total. The Morgan fingerprint density at radius 2 is 2.08 bits per heavy atom. The molecule has 0 radical (unpaired) electrons. The van der Waals surface area contributed by atoms with E-state index in [1.165, 1.54) is 0 Å². The van der Waals surface area contributed by atoms with Crippen molar-refractivity contribution in [1.29, 1.82) is 0 Å². The number of benzene rings is 1. The van der Waals surface area contributed by atoms with Crippen LogP contribution < -0.4 is 15.4 Å². The molecule has 128 valence electrons.